The number of H-pyrrole nitrogens is 2. The normalized spacial score (nSPS) is 15.5. The molecular formula is C43H45N7O2. The van der Waals surface area contributed by atoms with Crippen molar-refractivity contribution in [3.8, 4) is 33.6 Å². The average molecular weight is 692 g/mol. The number of rotatable bonds is 11. The summed E-state index contributed by atoms with van der Waals surface area (Å²) in [5, 5.41) is 0. The summed E-state index contributed by atoms with van der Waals surface area (Å²) in [5.41, 5.74) is 8.10. The highest BCUT2D eigenvalue weighted by Gasteiger charge is 2.37. The molecule has 0 radical (unpaired) electrons. The Bertz CT molecular complexity index is 2100. The zero-order valence-corrected chi connectivity index (χ0v) is 30.2. The van der Waals surface area contributed by atoms with Crippen LogP contribution in [0.4, 0.5) is 0 Å². The molecule has 0 bridgehead atoms. The van der Waals surface area contributed by atoms with Crippen molar-refractivity contribution in [2.45, 2.75) is 44.3 Å². The standard InChI is InChI=1S/C43H45N7O2/c1-29(49(4)39(51)26-30-12-7-5-8-13-30)41-44-27-36(46-41)33-21-17-31(18-22-33)32-19-23-34(24-20-32)37-28-45-42(47-37)38-16-11-25-50(38)43(52)40(48(2)3)35-14-9-6-10-15-35/h5-10,12-15,17-24,27-29,38,40H,11,16,25-26H2,1-4H3,(H,44,46)(H,45,47)/t29-,38-,40+/m0/s1. The average Bonchev–Trinajstić information content (AvgIpc) is 3.97. The Hall–Kier alpha value is -5.80. The molecule has 6 aromatic rings. The second kappa shape index (κ2) is 15.2. The molecule has 0 aliphatic carbocycles. The molecule has 9 nitrogen and oxygen atoms in total. The van der Waals surface area contributed by atoms with Crippen LogP contribution >= 0.6 is 0 Å². The highest BCUT2D eigenvalue weighted by Crippen LogP contribution is 2.35. The van der Waals surface area contributed by atoms with Crippen molar-refractivity contribution in [1.29, 1.82) is 0 Å². The quantitative estimate of drug-likeness (QED) is 0.144. The highest BCUT2D eigenvalue weighted by molar-refractivity contribution is 5.84. The van der Waals surface area contributed by atoms with E-state index in [1.54, 1.807) is 4.90 Å². The number of amides is 2. The first-order valence-corrected chi connectivity index (χ1v) is 17.9. The van der Waals surface area contributed by atoms with Crippen LogP contribution in [0.5, 0.6) is 0 Å². The number of carbonyl (C=O) groups excluding carboxylic acids is 2. The predicted molar refractivity (Wildman–Crippen MR) is 205 cm³/mol. The van der Waals surface area contributed by atoms with Gasteiger partial charge in [0, 0.05) is 13.6 Å². The molecule has 0 spiro atoms. The number of hydrogen-bond acceptors (Lipinski definition) is 5. The van der Waals surface area contributed by atoms with Crippen molar-refractivity contribution < 1.29 is 9.59 Å². The van der Waals surface area contributed by atoms with E-state index >= 15 is 0 Å². The van der Waals surface area contributed by atoms with Gasteiger partial charge in [-0.1, -0.05) is 109 Å². The molecule has 264 valence electrons. The summed E-state index contributed by atoms with van der Waals surface area (Å²) in [6.07, 6.45) is 5.89. The second-order valence-corrected chi connectivity index (χ2v) is 13.8. The van der Waals surface area contributed by atoms with Crippen LogP contribution in [0.3, 0.4) is 0 Å². The lowest BCUT2D eigenvalue weighted by Crippen LogP contribution is -2.40. The number of likely N-dealkylation sites (N-methyl/N-ethyl adjacent to an activating group) is 2. The van der Waals surface area contributed by atoms with Crippen LogP contribution in [0.2, 0.25) is 0 Å². The number of imidazole rings is 2. The van der Waals surface area contributed by atoms with Gasteiger partial charge in [0.15, 0.2) is 0 Å². The fraction of sp³-hybridized carbons (Fsp3) is 0.256. The first kappa shape index (κ1) is 34.6. The van der Waals surface area contributed by atoms with E-state index in [2.05, 4.69) is 63.5 Å². The van der Waals surface area contributed by atoms with Crippen molar-refractivity contribution in [3.05, 3.63) is 144 Å². The maximum absolute atomic E-state index is 13.9. The molecule has 1 aliphatic rings. The minimum Gasteiger partial charge on any atom is -0.340 e. The van der Waals surface area contributed by atoms with Gasteiger partial charge in [0.2, 0.25) is 11.8 Å². The molecule has 3 heterocycles. The van der Waals surface area contributed by atoms with E-state index in [-0.39, 0.29) is 29.9 Å². The van der Waals surface area contributed by atoms with Gasteiger partial charge >= 0.3 is 0 Å². The number of nitrogens with zero attached hydrogens (tertiary/aromatic N) is 5. The molecule has 9 heteroatoms. The summed E-state index contributed by atoms with van der Waals surface area (Å²) in [7, 11) is 5.74. The van der Waals surface area contributed by atoms with Gasteiger partial charge in [-0.25, -0.2) is 9.97 Å². The van der Waals surface area contributed by atoms with Gasteiger partial charge in [0.25, 0.3) is 0 Å². The lowest BCUT2D eigenvalue weighted by molar-refractivity contribution is -0.137. The molecular weight excluding hydrogens is 647 g/mol. The van der Waals surface area contributed by atoms with Gasteiger partial charge in [0.05, 0.1) is 42.3 Å². The summed E-state index contributed by atoms with van der Waals surface area (Å²) in [4.78, 5) is 48.8. The van der Waals surface area contributed by atoms with Crippen LogP contribution in [0.15, 0.2) is 122 Å². The Morgan fingerprint density at radius 1 is 0.750 bits per heavy atom. The van der Waals surface area contributed by atoms with Crippen LogP contribution in [0.25, 0.3) is 33.6 Å². The molecule has 2 amide bonds. The predicted octanol–water partition coefficient (Wildman–Crippen LogP) is 7.86. The molecule has 0 saturated carbocycles. The van der Waals surface area contributed by atoms with E-state index in [1.807, 2.05) is 111 Å². The third-order valence-corrected chi connectivity index (χ3v) is 10.2. The summed E-state index contributed by atoms with van der Waals surface area (Å²) in [6, 6.07) is 36.0. The zero-order chi connectivity index (χ0) is 36.2. The molecule has 7 rings (SSSR count). The number of likely N-dealkylation sites (tertiary alicyclic amines) is 1. The van der Waals surface area contributed by atoms with E-state index in [1.165, 1.54) is 0 Å². The highest BCUT2D eigenvalue weighted by atomic mass is 16.2. The third-order valence-electron chi connectivity index (χ3n) is 10.2. The molecule has 2 N–H and O–H groups in total. The van der Waals surface area contributed by atoms with Gasteiger partial charge in [-0.3, -0.25) is 14.5 Å². The minimum atomic E-state index is -0.340. The molecule has 1 saturated heterocycles. The molecule has 1 fully saturated rings. The maximum Gasteiger partial charge on any atom is 0.245 e. The van der Waals surface area contributed by atoms with Crippen molar-refractivity contribution in [2.24, 2.45) is 0 Å². The van der Waals surface area contributed by atoms with Gasteiger partial charge in [0.1, 0.15) is 17.7 Å². The summed E-state index contributed by atoms with van der Waals surface area (Å²) >= 11 is 0. The third kappa shape index (κ3) is 7.31. The fourth-order valence-electron chi connectivity index (χ4n) is 7.10. The fourth-order valence-corrected chi connectivity index (χ4v) is 7.10. The first-order valence-electron chi connectivity index (χ1n) is 17.9. The Balaban J connectivity index is 0.996. The SMILES string of the molecule is C[C@@H](c1ncc(-c2ccc(-c3ccc(-c4cnc([C@@H]5CCCN5C(=O)[C@@H](c5ccccc5)N(C)C)[nH]4)cc3)cc2)[nH]1)N(C)C(=O)Cc1ccccc1. The summed E-state index contributed by atoms with van der Waals surface area (Å²) < 4.78 is 0. The van der Waals surface area contributed by atoms with E-state index in [9.17, 15) is 9.59 Å². The lowest BCUT2D eigenvalue weighted by Gasteiger charge is -2.31. The first-order chi connectivity index (χ1) is 25.3. The maximum atomic E-state index is 13.9. The van der Waals surface area contributed by atoms with Gasteiger partial charge in [-0.2, -0.15) is 0 Å². The number of carbonyl (C=O) groups is 2. The number of aromatic amines is 2. The molecule has 4 aromatic carbocycles. The minimum absolute atomic E-state index is 0.0461. The Labute approximate surface area is 305 Å². The van der Waals surface area contributed by atoms with Crippen molar-refractivity contribution in [3.63, 3.8) is 0 Å². The van der Waals surface area contributed by atoms with E-state index in [0.717, 1.165) is 75.8 Å². The molecule has 3 atom stereocenters. The Morgan fingerprint density at radius 2 is 1.31 bits per heavy atom. The molecule has 2 aromatic heterocycles. The Kier molecular flexibility index (Phi) is 10.1. The second-order valence-electron chi connectivity index (χ2n) is 13.8. The number of hydrogen-bond donors (Lipinski definition) is 2. The number of benzene rings is 4. The smallest absolute Gasteiger partial charge is 0.245 e. The number of aromatic nitrogens is 4. The molecule has 1 aliphatic heterocycles. The summed E-state index contributed by atoms with van der Waals surface area (Å²) in [6.45, 7) is 2.71. The number of nitrogens with one attached hydrogen (secondary N) is 2. The van der Waals surface area contributed by atoms with Gasteiger partial charge in [-0.15, -0.1) is 0 Å². The van der Waals surface area contributed by atoms with Crippen molar-refractivity contribution >= 4 is 11.8 Å². The van der Waals surface area contributed by atoms with E-state index in [0.29, 0.717) is 6.42 Å². The molecule has 52 heavy (non-hydrogen) atoms. The van der Waals surface area contributed by atoms with Crippen LogP contribution in [-0.2, 0) is 16.0 Å². The lowest BCUT2D eigenvalue weighted by atomic mass is 10.0. The van der Waals surface area contributed by atoms with Crippen molar-refractivity contribution in [2.75, 3.05) is 27.7 Å². The molecule has 0 unspecified atom stereocenters. The van der Waals surface area contributed by atoms with Crippen molar-refractivity contribution in [1.82, 2.24) is 34.6 Å². The van der Waals surface area contributed by atoms with Crippen LogP contribution in [-0.4, -0.2) is 74.1 Å². The Morgan fingerprint density at radius 3 is 1.92 bits per heavy atom. The summed E-state index contributed by atoms with van der Waals surface area (Å²) in [5.74, 6) is 1.73. The zero-order valence-electron chi connectivity index (χ0n) is 30.2. The van der Waals surface area contributed by atoms with Gasteiger partial charge < -0.3 is 19.8 Å². The van der Waals surface area contributed by atoms with E-state index in [4.69, 9.17) is 4.98 Å². The largest absolute Gasteiger partial charge is 0.340 e. The van der Waals surface area contributed by atoms with Gasteiger partial charge in [-0.05, 0) is 67.2 Å². The van der Waals surface area contributed by atoms with Crippen LogP contribution < -0.4 is 0 Å². The topological polar surface area (TPSA) is 101 Å². The monoisotopic (exact) mass is 691 g/mol. The van der Waals surface area contributed by atoms with Crippen LogP contribution in [0, 0.1) is 0 Å². The van der Waals surface area contributed by atoms with E-state index < -0.39 is 0 Å². The van der Waals surface area contributed by atoms with Crippen LogP contribution in [0.1, 0.15) is 60.7 Å².